The Morgan fingerprint density at radius 2 is 2.06 bits per heavy atom. The normalized spacial score (nSPS) is 11.2. The van der Waals surface area contributed by atoms with E-state index in [-0.39, 0.29) is 12.3 Å². The summed E-state index contributed by atoms with van der Waals surface area (Å²) >= 11 is 0. The van der Waals surface area contributed by atoms with E-state index in [1.54, 1.807) is 12.2 Å². The smallest absolute Gasteiger partial charge is 0.471 e. The van der Waals surface area contributed by atoms with Crippen LogP contribution < -0.4 is 5.32 Å². The lowest BCUT2D eigenvalue weighted by atomic mass is 10.1. The molecule has 0 saturated carbocycles. The van der Waals surface area contributed by atoms with Crippen LogP contribution in [0.5, 0.6) is 5.75 Å². The van der Waals surface area contributed by atoms with Gasteiger partial charge >= 0.3 is 12.1 Å². The lowest BCUT2D eigenvalue weighted by Gasteiger charge is -2.09. The van der Waals surface area contributed by atoms with Crippen molar-refractivity contribution in [3.05, 3.63) is 29.3 Å². The van der Waals surface area contributed by atoms with Crippen molar-refractivity contribution in [3.8, 4) is 5.75 Å². The van der Waals surface area contributed by atoms with Gasteiger partial charge in [-0.05, 0) is 30.2 Å². The Bertz CT molecular complexity index is 402. The van der Waals surface area contributed by atoms with E-state index < -0.39 is 12.1 Å². The van der Waals surface area contributed by atoms with Crippen LogP contribution in [0, 0.1) is 6.92 Å². The van der Waals surface area contributed by atoms with Gasteiger partial charge in [-0.2, -0.15) is 13.2 Å². The summed E-state index contributed by atoms with van der Waals surface area (Å²) in [5.74, 6) is -1.94. The molecule has 0 aliphatic rings. The van der Waals surface area contributed by atoms with Crippen molar-refractivity contribution >= 4 is 5.91 Å². The molecule has 0 atom stereocenters. The number of nitrogens with one attached hydrogen (secondary N) is 1. The average molecular weight is 233 g/mol. The summed E-state index contributed by atoms with van der Waals surface area (Å²) < 4.78 is 35.6. The van der Waals surface area contributed by atoms with Crippen LogP contribution in [-0.2, 0) is 11.3 Å². The summed E-state index contributed by atoms with van der Waals surface area (Å²) in [5.41, 5.74) is 1.14. The second-order valence-corrected chi connectivity index (χ2v) is 3.29. The number of carbonyl (C=O) groups excluding carboxylic acids is 1. The third kappa shape index (κ3) is 3.15. The number of phenolic OH excluding ortho intramolecular Hbond substituents is 1. The molecule has 88 valence electrons. The first kappa shape index (κ1) is 12.4. The number of aryl methyl sites for hydroxylation is 1. The Morgan fingerprint density at radius 1 is 1.44 bits per heavy atom. The van der Waals surface area contributed by atoms with E-state index in [4.69, 9.17) is 5.11 Å². The molecule has 0 saturated heterocycles. The molecule has 1 amide bonds. The molecule has 0 radical (unpaired) electrons. The third-order valence-corrected chi connectivity index (χ3v) is 2.02. The Kier molecular flexibility index (Phi) is 3.41. The molecule has 0 bridgehead atoms. The third-order valence-electron chi connectivity index (χ3n) is 2.02. The summed E-state index contributed by atoms with van der Waals surface area (Å²) in [4.78, 5) is 10.5. The van der Waals surface area contributed by atoms with Crippen LogP contribution >= 0.6 is 0 Å². The van der Waals surface area contributed by atoms with Crippen molar-refractivity contribution in [2.24, 2.45) is 0 Å². The number of rotatable bonds is 2. The van der Waals surface area contributed by atoms with Gasteiger partial charge in [0.15, 0.2) is 0 Å². The van der Waals surface area contributed by atoms with Gasteiger partial charge in [-0.1, -0.05) is 6.07 Å². The fourth-order valence-corrected chi connectivity index (χ4v) is 1.15. The van der Waals surface area contributed by atoms with Gasteiger partial charge < -0.3 is 10.4 Å². The topological polar surface area (TPSA) is 49.3 Å². The van der Waals surface area contributed by atoms with Crippen molar-refractivity contribution < 1.29 is 23.1 Å². The van der Waals surface area contributed by atoms with Crippen molar-refractivity contribution in [2.45, 2.75) is 19.6 Å². The molecular formula is C10H10F3NO2. The van der Waals surface area contributed by atoms with Gasteiger partial charge in [-0.25, -0.2) is 0 Å². The largest absolute Gasteiger partial charge is 0.508 e. The standard InChI is InChI=1S/C10H10F3NO2/c1-6-4-8(15)3-2-7(6)5-14-9(16)10(11,12)13/h2-4,15H,5H2,1H3,(H,14,16). The van der Waals surface area contributed by atoms with Gasteiger partial charge in [0.2, 0.25) is 0 Å². The maximum absolute atomic E-state index is 11.9. The molecule has 0 aromatic heterocycles. The molecule has 0 unspecified atom stereocenters. The summed E-state index contributed by atoms with van der Waals surface area (Å²) in [6.45, 7) is 1.42. The predicted molar refractivity (Wildman–Crippen MR) is 50.7 cm³/mol. The molecule has 1 aromatic carbocycles. The molecule has 16 heavy (non-hydrogen) atoms. The molecule has 1 rings (SSSR count). The number of hydrogen-bond acceptors (Lipinski definition) is 2. The van der Waals surface area contributed by atoms with E-state index in [2.05, 4.69) is 0 Å². The quantitative estimate of drug-likeness (QED) is 0.819. The molecule has 0 aliphatic carbocycles. The van der Waals surface area contributed by atoms with Gasteiger partial charge in [0.25, 0.3) is 0 Å². The van der Waals surface area contributed by atoms with E-state index in [9.17, 15) is 18.0 Å². The van der Waals surface area contributed by atoms with Crippen LogP contribution in [0.2, 0.25) is 0 Å². The molecule has 2 N–H and O–H groups in total. The van der Waals surface area contributed by atoms with E-state index in [1.165, 1.54) is 18.2 Å². The fourth-order valence-electron chi connectivity index (χ4n) is 1.15. The lowest BCUT2D eigenvalue weighted by Crippen LogP contribution is -2.36. The van der Waals surface area contributed by atoms with Crippen molar-refractivity contribution in [3.63, 3.8) is 0 Å². The molecule has 6 heteroatoms. The van der Waals surface area contributed by atoms with Gasteiger partial charge in [0.1, 0.15) is 5.75 Å². The molecule has 0 spiro atoms. The zero-order chi connectivity index (χ0) is 12.3. The van der Waals surface area contributed by atoms with Crippen LogP contribution in [0.4, 0.5) is 13.2 Å². The molecule has 3 nitrogen and oxygen atoms in total. The highest BCUT2D eigenvalue weighted by atomic mass is 19.4. The zero-order valence-corrected chi connectivity index (χ0v) is 8.43. The highest BCUT2D eigenvalue weighted by Gasteiger charge is 2.38. The number of aromatic hydroxyl groups is 1. The van der Waals surface area contributed by atoms with E-state index in [0.29, 0.717) is 11.1 Å². The molecule has 0 aliphatic heterocycles. The minimum Gasteiger partial charge on any atom is -0.508 e. The zero-order valence-electron chi connectivity index (χ0n) is 8.43. The number of benzene rings is 1. The molecule has 0 heterocycles. The van der Waals surface area contributed by atoms with Gasteiger partial charge in [0.05, 0.1) is 0 Å². The first-order chi connectivity index (χ1) is 7.30. The highest BCUT2D eigenvalue weighted by Crippen LogP contribution is 2.17. The summed E-state index contributed by atoms with van der Waals surface area (Å²) in [7, 11) is 0. The predicted octanol–water partition coefficient (Wildman–Crippen LogP) is 1.88. The van der Waals surface area contributed by atoms with E-state index in [0.717, 1.165) is 0 Å². The summed E-state index contributed by atoms with van der Waals surface area (Å²) in [6.07, 6.45) is -4.87. The number of hydrogen-bond donors (Lipinski definition) is 2. The maximum atomic E-state index is 11.9. The average Bonchev–Trinajstić information content (AvgIpc) is 2.14. The molecule has 0 fully saturated rings. The summed E-state index contributed by atoms with van der Waals surface area (Å²) in [6, 6.07) is 4.22. The maximum Gasteiger partial charge on any atom is 0.471 e. The summed E-state index contributed by atoms with van der Waals surface area (Å²) in [5, 5.41) is 10.8. The van der Waals surface area contributed by atoms with Gasteiger partial charge in [-0.15, -0.1) is 0 Å². The number of carbonyl (C=O) groups is 1. The van der Waals surface area contributed by atoms with E-state index >= 15 is 0 Å². The highest BCUT2D eigenvalue weighted by molar-refractivity contribution is 5.81. The number of halogens is 3. The van der Waals surface area contributed by atoms with Crippen LogP contribution in [0.1, 0.15) is 11.1 Å². The first-order valence-corrected chi connectivity index (χ1v) is 4.44. The van der Waals surface area contributed by atoms with Crippen LogP contribution in [0.3, 0.4) is 0 Å². The molecular weight excluding hydrogens is 223 g/mol. The second kappa shape index (κ2) is 4.42. The van der Waals surface area contributed by atoms with Gasteiger partial charge in [0, 0.05) is 6.54 Å². The minimum atomic E-state index is -4.87. The molecule has 1 aromatic rings. The first-order valence-electron chi connectivity index (χ1n) is 4.44. The van der Waals surface area contributed by atoms with E-state index in [1.807, 2.05) is 0 Å². The fraction of sp³-hybridized carbons (Fsp3) is 0.300. The second-order valence-electron chi connectivity index (χ2n) is 3.29. The Morgan fingerprint density at radius 3 is 2.56 bits per heavy atom. The van der Waals surface area contributed by atoms with Crippen LogP contribution in [0.15, 0.2) is 18.2 Å². The van der Waals surface area contributed by atoms with Crippen LogP contribution in [-0.4, -0.2) is 17.2 Å². The van der Waals surface area contributed by atoms with Crippen molar-refractivity contribution in [1.82, 2.24) is 5.32 Å². The lowest BCUT2D eigenvalue weighted by molar-refractivity contribution is -0.173. The van der Waals surface area contributed by atoms with Crippen molar-refractivity contribution in [1.29, 1.82) is 0 Å². The Hall–Kier alpha value is -1.72. The number of alkyl halides is 3. The monoisotopic (exact) mass is 233 g/mol. The van der Waals surface area contributed by atoms with Crippen molar-refractivity contribution in [2.75, 3.05) is 0 Å². The van der Waals surface area contributed by atoms with Gasteiger partial charge in [-0.3, -0.25) is 4.79 Å². The number of amides is 1. The Labute approximate surface area is 89.9 Å². The van der Waals surface area contributed by atoms with Crippen LogP contribution in [0.25, 0.3) is 0 Å². The Balaban J connectivity index is 2.65. The number of phenols is 1. The minimum absolute atomic E-state index is 0.0309. The SMILES string of the molecule is Cc1cc(O)ccc1CNC(=O)C(F)(F)F.